The van der Waals surface area contributed by atoms with Gasteiger partial charge in [0.05, 0.1) is 12.7 Å². The first kappa shape index (κ1) is 14.2. The summed E-state index contributed by atoms with van der Waals surface area (Å²) in [5.74, 6) is -1.36. The zero-order chi connectivity index (χ0) is 14.7. The van der Waals surface area contributed by atoms with Gasteiger partial charge in [-0.25, -0.2) is 8.78 Å². The van der Waals surface area contributed by atoms with Crippen LogP contribution in [0.1, 0.15) is 21.5 Å². The predicted octanol–water partition coefficient (Wildman–Crippen LogP) is 3.71. The summed E-state index contributed by atoms with van der Waals surface area (Å²) in [6.07, 6.45) is -0.0547. The Hall–Kier alpha value is -2.23. The van der Waals surface area contributed by atoms with E-state index in [0.29, 0.717) is 5.56 Å². The normalized spacial score (nSPS) is 10.4. The number of methoxy groups -OCH3 is 1. The molecule has 2 aromatic rings. The number of hydrogen-bond acceptors (Lipinski definition) is 2. The van der Waals surface area contributed by atoms with Crippen molar-refractivity contribution in [2.45, 2.75) is 13.3 Å². The van der Waals surface area contributed by atoms with Gasteiger partial charge in [0, 0.05) is 6.42 Å². The Bertz CT molecular complexity index is 651. The van der Waals surface area contributed by atoms with Gasteiger partial charge >= 0.3 is 0 Å². The maximum absolute atomic E-state index is 13.7. The first-order valence-corrected chi connectivity index (χ1v) is 6.13. The van der Waals surface area contributed by atoms with Gasteiger partial charge in [-0.3, -0.25) is 4.79 Å². The standard InChI is InChI=1S/C16H14F2O2/c1-10-3-5-12(13(17)7-10)15(19)9-11-4-6-16(20-2)14(18)8-11/h3-8H,9H2,1-2H3. The first-order chi connectivity index (χ1) is 9.51. The van der Waals surface area contributed by atoms with Crippen LogP contribution < -0.4 is 4.74 Å². The van der Waals surface area contributed by atoms with Crippen molar-refractivity contribution in [2.75, 3.05) is 7.11 Å². The molecule has 0 aliphatic rings. The molecular weight excluding hydrogens is 262 g/mol. The Balaban J connectivity index is 2.21. The lowest BCUT2D eigenvalue weighted by Crippen LogP contribution is -2.06. The molecule has 0 heterocycles. The van der Waals surface area contributed by atoms with Crippen LogP contribution in [-0.4, -0.2) is 12.9 Å². The maximum Gasteiger partial charge on any atom is 0.170 e. The number of Topliss-reactive ketones (excluding diaryl/α,β-unsaturated/α-hetero) is 1. The summed E-state index contributed by atoms with van der Waals surface area (Å²) in [7, 11) is 1.37. The third kappa shape index (κ3) is 3.02. The molecule has 2 aromatic carbocycles. The van der Waals surface area contributed by atoms with Crippen LogP contribution in [0.2, 0.25) is 0 Å². The largest absolute Gasteiger partial charge is 0.494 e. The van der Waals surface area contributed by atoms with Crippen LogP contribution in [0, 0.1) is 18.6 Å². The van der Waals surface area contributed by atoms with Gasteiger partial charge in [-0.05, 0) is 42.3 Å². The average Bonchev–Trinajstić information content (AvgIpc) is 2.38. The lowest BCUT2D eigenvalue weighted by atomic mass is 10.0. The number of ketones is 1. The van der Waals surface area contributed by atoms with Crippen molar-refractivity contribution in [3.63, 3.8) is 0 Å². The zero-order valence-electron chi connectivity index (χ0n) is 11.2. The smallest absolute Gasteiger partial charge is 0.170 e. The molecule has 0 fully saturated rings. The molecule has 0 atom stereocenters. The number of rotatable bonds is 4. The van der Waals surface area contributed by atoms with E-state index in [9.17, 15) is 13.6 Å². The van der Waals surface area contributed by atoms with E-state index in [0.717, 1.165) is 5.56 Å². The summed E-state index contributed by atoms with van der Waals surface area (Å²) in [5.41, 5.74) is 1.25. The van der Waals surface area contributed by atoms with Gasteiger partial charge < -0.3 is 4.74 Å². The number of carbonyl (C=O) groups is 1. The van der Waals surface area contributed by atoms with Gasteiger partial charge in [-0.15, -0.1) is 0 Å². The van der Waals surface area contributed by atoms with Gasteiger partial charge in [-0.1, -0.05) is 12.1 Å². The van der Waals surface area contributed by atoms with E-state index in [1.54, 1.807) is 19.1 Å². The third-order valence-corrected chi connectivity index (χ3v) is 3.01. The SMILES string of the molecule is COc1ccc(CC(=O)c2ccc(C)cc2F)cc1F. The van der Waals surface area contributed by atoms with E-state index in [-0.39, 0.29) is 23.5 Å². The van der Waals surface area contributed by atoms with E-state index in [4.69, 9.17) is 4.74 Å². The molecule has 0 saturated heterocycles. The van der Waals surface area contributed by atoms with E-state index in [1.807, 2.05) is 0 Å². The second-order valence-corrected chi connectivity index (χ2v) is 4.55. The fourth-order valence-corrected chi connectivity index (χ4v) is 1.95. The second-order valence-electron chi connectivity index (χ2n) is 4.55. The Morgan fingerprint density at radius 2 is 1.85 bits per heavy atom. The third-order valence-electron chi connectivity index (χ3n) is 3.01. The van der Waals surface area contributed by atoms with Crippen molar-refractivity contribution in [2.24, 2.45) is 0 Å². The molecule has 104 valence electrons. The molecule has 0 saturated carbocycles. The zero-order valence-corrected chi connectivity index (χ0v) is 11.2. The molecule has 0 aliphatic carbocycles. The van der Waals surface area contributed by atoms with E-state index in [2.05, 4.69) is 0 Å². The Labute approximate surface area is 116 Å². The maximum atomic E-state index is 13.7. The highest BCUT2D eigenvalue weighted by atomic mass is 19.1. The Morgan fingerprint density at radius 3 is 2.45 bits per heavy atom. The van der Waals surface area contributed by atoms with Gasteiger partial charge in [-0.2, -0.15) is 0 Å². The summed E-state index contributed by atoms with van der Waals surface area (Å²) in [5, 5.41) is 0. The number of aryl methyl sites for hydroxylation is 1. The second kappa shape index (κ2) is 5.82. The summed E-state index contributed by atoms with van der Waals surface area (Å²) >= 11 is 0. The summed E-state index contributed by atoms with van der Waals surface area (Å²) < 4.78 is 32.0. The lowest BCUT2D eigenvalue weighted by Gasteiger charge is -2.06. The minimum atomic E-state index is -0.552. The van der Waals surface area contributed by atoms with Crippen LogP contribution in [0.3, 0.4) is 0 Å². The minimum Gasteiger partial charge on any atom is -0.494 e. The van der Waals surface area contributed by atoms with Crippen LogP contribution in [0.25, 0.3) is 0 Å². The molecule has 0 aliphatic heterocycles. The first-order valence-electron chi connectivity index (χ1n) is 6.13. The fraction of sp³-hybridized carbons (Fsp3) is 0.188. The van der Waals surface area contributed by atoms with E-state index >= 15 is 0 Å². The molecule has 0 radical (unpaired) electrons. The molecule has 0 aromatic heterocycles. The van der Waals surface area contributed by atoms with Gasteiger partial charge in [0.1, 0.15) is 5.82 Å². The van der Waals surface area contributed by atoms with Gasteiger partial charge in [0.2, 0.25) is 0 Å². The summed E-state index contributed by atoms with van der Waals surface area (Å²) in [4.78, 5) is 12.0. The molecule has 20 heavy (non-hydrogen) atoms. The van der Waals surface area contributed by atoms with E-state index < -0.39 is 11.6 Å². The topological polar surface area (TPSA) is 26.3 Å². The summed E-state index contributed by atoms with van der Waals surface area (Å²) in [6.45, 7) is 1.75. The minimum absolute atomic E-state index is 0.0202. The quantitative estimate of drug-likeness (QED) is 0.796. The molecular formula is C16H14F2O2. The Morgan fingerprint density at radius 1 is 1.10 bits per heavy atom. The van der Waals surface area contributed by atoms with Crippen molar-refractivity contribution in [1.82, 2.24) is 0 Å². The highest BCUT2D eigenvalue weighted by Gasteiger charge is 2.13. The number of hydrogen-bond donors (Lipinski definition) is 0. The van der Waals surface area contributed by atoms with E-state index in [1.165, 1.54) is 31.4 Å². The monoisotopic (exact) mass is 276 g/mol. The van der Waals surface area contributed by atoms with Crippen LogP contribution >= 0.6 is 0 Å². The summed E-state index contributed by atoms with van der Waals surface area (Å²) in [6, 6.07) is 8.69. The molecule has 0 N–H and O–H groups in total. The van der Waals surface area contributed by atoms with Gasteiger partial charge in [0.25, 0.3) is 0 Å². The predicted molar refractivity (Wildman–Crippen MR) is 72.1 cm³/mol. The Kier molecular flexibility index (Phi) is 4.13. The number of ether oxygens (including phenoxy) is 1. The molecule has 2 nitrogen and oxygen atoms in total. The van der Waals surface area contributed by atoms with Crippen molar-refractivity contribution in [1.29, 1.82) is 0 Å². The number of benzene rings is 2. The van der Waals surface area contributed by atoms with Crippen molar-refractivity contribution >= 4 is 5.78 Å². The van der Waals surface area contributed by atoms with Crippen molar-refractivity contribution in [3.05, 3.63) is 64.7 Å². The lowest BCUT2D eigenvalue weighted by molar-refractivity contribution is 0.0989. The van der Waals surface area contributed by atoms with Crippen LogP contribution in [0.5, 0.6) is 5.75 Å². The van der Waals surface area contributed by atoms with Gasteiger partial charge in [0.15, 0.2) is 17.3 Å². The molecule has 0 amide bonds. The average molecular weight is 276 g/mol. The van der Waals surface area contributed by atoms with Crippen molar-refractivity contribution < 1.29 is 18.3 Å². The fourth-order valence-electron chi connectivity index (χ4n) is 1.95. The molecule has 2 rings (SSSR count). The molecule has 0 bridgehead atoms. The molecule has 0 spiro atoms. The van der Waals surface area contributed by atoms with Crippen LogP contribution in [0.15, 0.2) is 36.4 Å². The highest BCUT2D eigenvalue weighted by Crippen LogP contribution is 2.19. The van der Waals surface area contributed by atoms with Crippen molar-refractivity contribution in [3.8, 4) is 5.75 Å². The molecule has 4 heteroatoms. The molecule has 0 unspecified atom stereocenters. The van der Waals surface area contributed by atoms with Crippen LogP contribution in [-0.2, 0) is 6.42 Å². The number of carbonyl (C=O) groups excluding carboxylic acids is 1. The highest BCUT2D eigenvalue weighted by molar-refractivity contribution is 5.97. The number of halogens is 2. The van der Waals surface area contributed by atoms with Crippen LogP contribution in [0.4, 0.5) is 8.78 Å².